The molecule has 0 saturated heterocycles. The topological polar surface area (TPSA) is 29.5 Å². The van der Waals surface area contributed by atoms with Crippen LogP contribution in [0.4, 0.5) is 17.1 Å². The molecule has 304 valence electrons. The molecule has 2 atom stereocenters. The number of anilines is 3. The number of allylic oxidation sites excluding steroid dienone is 4. The van der Waals surface area contributed by atoms with E-state index < -0.39 is 0 Å². The molecule has 3 heteroatoms. The fourth-order valence-corrected chi connectivity index (χ4v) is 9.67. The van der Waals surface area contributed by atoms with Gasteiger partial charge in [-0.05, 0) is 93.4 Å². The molecule has 0 N–H and O–H groups in total. The van der Waals surface area contributed by atoms with Crippen molar-refractivity contribution in [2.45, 2.75) is 12.8 Å². The van der Waals surface area contributed by atoms with E-state index in [-0.39, 0.29) is 0 Å². The van der Waals surface area contributed by atoms with Crippen LogP contribution in [0.1, 0.15) is 18.4 Å². The fourth-order valence-electron chi connectivity index (χ4n) is 9.67. The second kappa shape index (κ2) is 15.6. The zero-order valence-corrected chi connectivity index (χ0v) is 35.4. The number of benzene rings is 9. The van der Waals surface area contributed by atoms with E-state index in [1.54, 1.807) is 0 Å². The first-order valence-electron chi connectivity index (χ1n) is 22.1. The summed E-state index contributed by atoms with van der Waals surface area (Å²) in [5.74, 6) is 0.815. The molecule has 2 unspecified atom stereocenters. The molecule has 0 aliphatic heterocycles. The molecule has 12 rings (SSSR count). The van der Waals surface area contributed by atoms with E-state index in [0.29, 0.717) is 11.8 Å². The minimum Gasteiger partial charge on any atom is -0.455 e. The van der Waals surface area contributed by atoms with E-state index in [2.05, 4.69) is 218 Å². The first-order chi connectivity index (χ1) is 31.6. The summed E-state index contributed by atoms with van der Waals surface area (Å²) in [5.41, 5.74) is 17.4. The van der Waals surface area contributed by atoms with Crippen molar-refractivity contribution in [3.63, 3.8) is 0 Å². The first kappa shape index (κ1) is 37.6. The van der Waals surface area contributed by atoms with Crippen molar-refractivity contribution < 1.29 is 8.83 Å². The Labute approximate surface area is 372 Å². The van der Waals surface area contributed by atoms with Gasteiger partial charge in [0.2, 0.25) is 0 Å². The van der Waals surface area contributed by atoms with E-state index in [0.717, 1.165) is 105 Å². The third-order valence-corrected chi connectivity index (χ3v) is 13.1. The Hall–Kier alpha value is -8.14. The number of hydrogen-bond acceptors (Lipinski definition) is 3. The maximum absolute atomic E-state index is 6.36. The SMILES string of the molecule is CC1C=CC=CC1c1ccc(N(c2ccc(-c3ccc(-c4cccc5c4oc4ccccc45)cc3)cc2)c2ccc(-c3ccc(-c4cccc5c4oc4ccccc45)cc3)cc2)cc1. The van der Waals surface area contributed by atoms with Crippen LogP contribution in [0.5, 0.6) is 0 Å². The highest BCUT2D eigenvalue weighted by molar-refractivity contribution is 6.10. The van der Waals surface area contributed by atoms with E-state index in [9.17, 15) is 0 Å². The molecule has 1 aliphatic carbocycles. The highest BCUT2D eigenvalue weighted by Gasteiger charge is 2.19. The maximum Gasteiger partial charge on any atom is 0.143 e. The van der Waals surface area contributed by atoms with Crippen LogP contribution in [-0.2, 0) is 0 Å². The van der Waals surface area contributed by atoms with E-state index in [1.165, 1.54) is 5.56 Å². The lowest BCUT2D eigenvalue weighted by Gasteiger charge is -2.27. The Morgan fingerprint density at radius 1 is 0.344 bits per heavy atom. The van der Waals surface area contributed by atoms with Crippen molar-refractivity contribution in [2.75, 3.05) is 4.90 Å². The van der Waals surface area contributed by atoms with Crippen molar-refractivity contribution in [3.8, 4) is 44.5 Å². The number of furan rings is 2. The summed E-state index contributed by atoms with van der Waals surface area (Å²) in [6.45, 7) is 2.29. The molecular formula is C61H43NO2. The lowest BCUT2D eigenvalue weighted by molar-refractivity contribution is 0.635. The summed E-state index contributed by atoms with van der Waals surface area (Å²) in [6, 6.07) is 73.9. The highest BCUT2D eigenvalue weighted by atomic mass is 16.3. The van der Waals surface area contributed by atoms with Gasteiger partial charge in [-0.3, -0.25) is 0 Å². The summed E-state index contributed by atoms with van der Waals surface area (Å²) in [4.78, 5) is 2.35. The minimum absolute atomic E-state index is 0.363. The predicted octanol–water partition coefficient (Wildman–Crippen LogP) is 17.5. The molecule has 0 saturated carbocycles. The van der Waals surface area contributed by atoms with Crippen molar-refractivity contribution in [1.82, 2.24) is 0 Å². The molecule has 0 bridgehead atoms. The van der Waals surface area contributed by atoms with Crippen LogP contribution < -0.4 is 4.90 Å². The first-order valence-corrected chi connectivity index (χ1v) is 22.1. The van der Waals surface area contributed by atoms with Crippen LogP contribution in [0, 0.1) is 5.92 Å². The summed E-state index contributed by atoms with van der Waals surface area (Å²) in [6.07, 6.45) is 8.92. The van der Waals surface area contributed by atoms with Crippen LogP contribution in [0.3, 0.4) is 0 Å². The lowest BCUT2D eigenvalue weighted by Crippen LogP contribution is -2.11. The molecule has 2 heterocycles. The Balaban J connectivity index is 0.846. The Morgan fingerprint density at radius 2 is 0.719 bits per heavy atom. The zero-order valence-electron chi connectivity index (χ0n) is 35.4. The molecule has 0 spiro atoms. The third-order valence-electron chi connectivity index (χ3n) is 13.1. The van der Waals surface area contributed by atoms with Crippen molar-refractivity contribution >= 4 is 60.9 Å². The fraction of sp³-hybridized carbons (Fsp3) is 0.0492. The van der Waals surface area contributed by atoms with Crippen molar-refractivity contribution in [1.29, 1.82) is 0 Å². The summed E-state index contributed by atoms with van der Waals surface area (Å²) in [5, 5.41) is 4.57. The van der Waals surface area contributed by atoms with Gasteiger partial charge < -0.3 is 13.7 Å². The normalized spacial score (nSPS) is 14.8. The monoisotopic (exact) mass is 821 g/mol. The van der Waals surface area contributed by atoms with Crippen LogP contribution >= 0.6 is 0 Å². The number of fused-ring (bicyclic) bond motifs is 6. The Bertz CT molecular complexity index is 3330. The van der Waals surface area contributed by atoms with Crippen molar-refractivity contribution in [3.05, 3.63) is 236 Å². The smallest absolute Gasteiger partial charge is 0.143 e. The zero-order chi connectivity index (χ0) is 42.6. The molecule has 0 fully saturated rings. The number of para-hydroxylation sites is 4. The highest BCUT2D eigenvalue weighted by Crippen LogP contribution is 2.41. The Kier molecular flexibility index (Phi) is 9.19. The molecule has 9 aromatic carbocycles. The molecule has 0 amide bonds. The van der Waals surface area contributed by atoms with Gasteiger partial charge in [0.1, 0.15) is 22.3 Å². The molecular weight excluding hydrogens is 779 g/mol. The van der Waals surface area contributed by atoms with Gasteiger partial charge in [-0.15, -0.1) is 0 Å². The molecule has 64 heavy (non-hydrogen) atoms. The van der Waals surface area contributed by atoms with Gasteiger partial charge in [0.25, 0.3) is 0 Å². The predicted molar refractivity (Wildman–Crippen MR) is 268 cm³/mol. The van der Waals surface area contributed by atoms with Gasteiger partial charge >= 0.3 is 0 Å². The van der Waals surface area contributed by atoms with E-state index in [4.69, 9.17) is 8.83 Å². The molecule has 3 nitrogen and oxygen atoms in total. The molecule has 11 aromatic rings. The number of hydrogen-bond donors (Lipinski definition) is 0. The molecule has 0 radical (unpaired) electrons. The average Bonchev–Trinajstić information content (AvgIpc) is 3.94. The minimum atomic E-state index is 0.363. The van der Waals surface area contributed by atoms with Crippen molar-refractivity contribution in [2.24, 2.45) is 5.92 Å². The second-order valence-electron chi connectivity index (χ2n) is 16.9. The molecule has 2 aromatic heterocycles. The lowest BCUT2D eigenvalue weighted by atomic mass is 9.84. The van der Waals surface area contributed by atoms with Crippen LogP contribution in [0.15, 0.2) is 239 Å². The summed E-state index contributed by atoms with van der Waals surface area (Å²) >= 11 is 0. The third kappa shape index (κ3) is 6.61. The van der Waals surface area contributed by atoms with Gasteiger partial charge in [-0.1, -0.05) is 189 Å². The van der Waals surface area contributed by atoms with Crippen LogP contribution in [-0.4, -0.2) is 0 Å². The second-order valence-corrected chi connectivity index (χ2v) is 16.9. The number of rotatable bonds is 8. The van der Waals surface area contributed by atoms with E-state index in [1.807, 2.05) is 24.3 Å². The Morgan fingerprint density at radius 3 is 1.17 bits per heavy atom. The maximum atomic E-state index is 6.36. The van der Waals surface area contributed by atoms with Gasteiger partial charge in [-0.2, -0.15) is 0 Å². The van der Waals surface area contributed by atoms with E-state index >= 15 is 0 Å². The van der Waals surface area contributed by atoms with Gasteiger partial charge in [0.05, 0.1) is 0 Å². The standard InChI is InChI=1S/C61H43NO2/c1-40-10-2-3-11-51(40)45-32-38-50(39-33-45)62(48-34-28-43(29-35-48)41-20-24-46(25-21-41)52-14-8-16-56-54-12-4-6-18-58(54)63-60(52)56)49-36-30-44(31-37-49)42-22-26-47(27-23-42)53-15-9-17-57-55-13-5-7-19-59(55)64-61(53)57/h2-40,51H,1H3. The quantitative estimate of drug-likeness (QED) is 0.153. The largest absolute Gasteiger partial charge is 0.455 e. The van der Waals surface area contributed by atoms with Gasteiger partial charge in [-0.25, -0.2) is 0 Å². The molecule has 1 aliphatic rings. The average molecular weight is 822 g/mol. The van der Waals surface area contributed by atoms with Crippen LogP contribution in [0.2, 0.25) is 0 Å². The summed E-state index contributed by atoms with van der Waals surface area (Å²) in [7, 11) is 0. The van der Waals surface area contributed by atoms with Crippen LogP contribution in [0.25, 0.3) is 88.4 Å². The number of nitrogens with zero attached hydrogens (tertiary/aromatic N) is 1. The van der Waals surface area contributed by atoms with Gasteiger partial charge in [0.15, 0.2) is 0 Å². The summed E-state index contributed by atoms with van der Waals surface area (Å²) < 4.78 is 12.7. The van der Waals surface area contributed by atoms with Gasteiger partial charge in [0, 0.05) is 55.7 Å².